The van der Waals surface area contributed by atoms with E-state index in [1.54, 1.807) is 11.3 Å². The first-order valence-corrected chi connectivity index (χ1v) is 10.1. The van der Waals surface area contributed by atoms with Crippen molar-refractivity contribution in [1.29, 1.82) is 0 Å². The SMILES string of the molecule is CC(=O)NCc1csc(C2CCN(C(=O)c3ccc(N(C)C)cc3)CC2)n1. The molecule has 1 aliphatic heterocycles. The number of nitrogens with zero attached hydrogens (tertiary/aromatic N) is 3. The second-order valence-corrected chi connectivity index (χ2v) is 7.98. The third-order valence-corrected chi connectivity index (χ3v) is 5.91. The maximum atomic E-state index is 12.7. The van der Waals surface area contributed by atoms with Crippen molar-refractivity contribution < 1.29 is 9.59 Å². The van der Waals surface area contributed by atoms with Crippen LogP contribution in [-0.2, 0) is 11.3 Å². The second-order valence-electron chi connectivity index (χ2n) is 7.09. The minimum atomic E-state index is -0.0463. The van der Waals surface area contributed by atoms with Gasteiger partial charge in [-0.1, -0.05) is 0 Å². The van der Waals surface area contributed by atoms with Gasteiger partial charge in [-0.3, -0.25) is 9.59 Å². The molecule has 0 radical (unpaired) electrons. The van der Waals surface area contributed by atoms with Gasteiger partial charge in [0.2, 0.25) is 5.91 Å². The molecule has 6 nitrogen and oxygen atoms in total. The van der Waals surface area contributed by atoms with Gasteiger partial charge in [0, 0.05) is 56.7 Å². The third kappa shape index (κ3) is 4.86. The zero-order valence-corrected chi connectivity index (χ0v) is 16.9. The molecule has 2 aromatic rings. The van der Waals surface area contributed by atoms with E-state index in [4.69, 9.17) is 0 Å². The van der Waals surface area contributed by atoms with Crippen molar-refractivity contribution >= 4 is 28.8 Å². The summed E-state index contributed by atoms with van der Waals surface area (Å²) in [4.78, 5) is 32.4. The molecule has 1 fully saturated rings. The Morgan fingerprint density at radius 2 is 1.89 bits per heavy atom. The smallest absolute Gasteiger partial charge is 0.253 e. The van der Waals surface area contributed by atoms with Crippen LogP contribution in [0.1, 0.15) is 46.7 Å². The van der Waals surface area contributed by atoms with E-state index < -0.39 is 0 Å². The molecule has 0 spiro atoms. The van der Waals surface area contributed by atoms with Crippen LogP contribution in [0.2, 0.25) is 0 Å². The van der Waals surface area contributed by atoms with Gasteiger partial charge in [0.1, 0.15) is 0 Å². The Kier molecular flexibility index (Phi) is 6.11. The number of amides is 2. The van der Waals surface area contributed by atoms with Crippen LogP contribution in [0.3, 0.4) is 0 Å². The molecule has 0 aliphatic carbocycles. The molecule has 3 rings (SSSR count). The van der Waals surface area contributed by atoms with Gasteiger partial charge in [-0.15, -0.1) is 11.3 Å². The zero-order chi connectivity index (χ0) is 19.4. The average molecular weight is 387 g/mol. The molecule has 1 saturated heterocycles. The number of rotatable bonds is 5. The van der Waals surface area contributed by atoms with Gasteiger partial charge in [0.05, 0.1) is 17.2 Å². The molecule has 0 bridgehead atoms. The first-order chi connectivity index (χ1) is 12.9. The fraction of sp³-hybridized carbons (Fsp3) is 0.450. The number of hydrogen-bond donors (Lipinski definition) is 1. The zero-order valence-electron chi connectivity index (χ0n) is 16.1. The molecule has 1 N–H and O–H groups in total. The van der Waals surface area contributed by atoms with Crippen molar-refractivity contribution in [3.63, 3.8) is 0 Å². The Bertz CT molecular complexity index is 793. The lowest BCUT2D eigenvalue weighted by atomic mass is 9.97. The fourth-order valence-electron chi connectivity index (χ4n) is 3.22. The number of anilines is 1. The molecule has 1 aromatic heterocycles. The Hall–Kier alpha value is -2.41. The Morgan fingerprint density at radius 3 is 2.48 bits per heavy atom. The van der Waals surface area contributed by atoms with E-state index in [9.17, 15) is 9.59 Å². The quantitative estimate of drug-likeness (QED) is 0.858. The van der Waals surface area contributed by atoms with Crippen LogP contribution >= 0.6 is 11.3 Å². The van der Waals surface area contributed by atoms with Gasteiger partial charge in [-0.25, -0.2) is 4.98 Å². The van der Waals surface area contributed by atoms with Crippen LogP contribution in [0.15, 0.2) is 29.6 Å². The van der Waals surface area contributed by atoms with Gasteiger partial charge >= 0.3 is 0 Å². The first-order valence-electron chi connectivity index (χ1n) is 9.19. The number of hydrogen-bond acceptors (Lipinski definition) is 5. The Morgan fingerprint density at radius 1 is 1.22 bits per heavy atom. The highest BCUT2D eigenvalue weighted by molar-refractivity contribution is 7.09. The highest BCUT2D eigenvalue weighted by Crippen LogP contribution is 2.31. The molecule has 0 saturated carbocycles. The van der Waals surface area contributed by atoms with Crippen LogP contribution < -0.4 is 10.2 Å². The average Bonchev–Trinajstić information content (AvgIpc) is 3.15. The van der Waals surface area contributed by atoms with Crippen LogP contribution in [-0.4, -0.2) is 48.9 Å². The lowest BCUT2D eigenvalue weighted by Gasteiger charge is -2.31. The van der Waals surface area contributed by atoms with Crippen LogP contribution in [0.4, 0.5) is 5.69 Å². The lowest BCUT2D eigenvalue weighted by Crippen LogP contribution is -2.37. The van der Waals surface area contributed by atoms with Gasteiger partial charge in [0.15, 0.2) is 0 Å². The van der Waals surface area contributed by atoms with Gasteiger partial charge < -0.3 is 15.1 Å². The minimum absolute atomic E-state index is 0.0463. The van der Waals surface area contributed by atoms with Crippen LogP contribution in [0, 0.1) is 0 Å². The molecule has 7 heteroatoms. The van der Waals surface area contributed by atoms with Crippen molar-refractivity contribution in [3.8, 4) is 0 Å². The maximum Gasteiger partial charge on any atom is 0.253 e. The number of thiazole rings is 1. The van der Waals surface area contributed by atoms with Crippen molar-refractivity contribution in [2.75, 3.05) is 32.1 Å². The summed E-state index contributed by atoms with van der Waals surface area (Å²) in [6, 6.07) is 7.76. The first kappa shape index (κ1) is 19.4. The van der Waals surface area contributed by atoms with E-state index in [2.05, 4.69) is 10.3 Å². The lowest BCUT2D eigenvalue weighted by molar-refractivity contribution is -0.119. The van der Waals surface area contributed by atoms with E-state index in [1.807, 2.05) is 53.5 Å². The van der Waals surface area contributed by atoms with Gasteiger partial charge in [-0.05, 0) is 37.1 Å². The van der Waals surface area contributed by atoms with E-state index in [-0.39, 0.29) is 11.8 Å². The number of aromatic nitrogens is 1. The largest absolute Gasteiger partial charge is 0.378 e. The highest BCUT2D eigenvalue weighted by atomic mass is 32.1. The van der Waals surface area contributed by atoms with Crippen LogP contribution in [0.5, 0.6) is 0 Å². The minimum Gasteiger partial charge on any atom is -0.378 e. The maximum absolute atomic E-state index is 12.7. The van der Waals surface area contributed by atoms with Crippen LogP contribution in [0.25, 0.3) is 0 Å². The summed E-state index contributed by atoms with van der Waals surface area (Å²) in [6.07, 6.45) is 1.85. The number of nitrogens with one attached hydrogen (secondary N) is 1. The molecular formula is C20H26N4O2S. The summed E-state index contributed by atoms with van der Waals surface area (Å²) in [7, 11) is 3.98. The van der Waals surface area contributed by atoms with Gasteiger partial charge in [0.25, 0.3) is 5.91 Å². The number of likely N-dealkylation sites (tertiary alicyclic amines) is 1. The monoisotopic (exact) mass is 386 g/mol. The molecule has 144 valence electrons. The van der Waals surface area contributed by atoms with E-state index in [0.29, 0.717) is 12.5 Å². The summed E-state index contributed by atoms with van der Waals surface area (Å²) in [5, 5.41) is 5.90. The molecular weight excluding hydrogens is 360 g/mol. The van der Waals surface area contributed by atoms with E-state index >= 15 is 0 Å². The van der Waals surface area contributed by atoms with Gasteiger partial charge in [-0.2, -0.15) is 0 Å². The normalized spacial score (nSPS) is 14.9. The molecule has 0 atom stereocenters. The number of carbonyl (C=O) groups is 2. The highest BCUT2D eigenvalue weighted by Gasteiger charge is 2.26. The molecule has 2 heterocycles. The molecule has 1 aliphatic rings. The second kappa shape index (κ2) is 8.52. The van der Waals surface area contributed by atoms with E-state index in [1.165, 1.54) is 6.92 Å². The number of piperidine rings is 1. The summed E-state index contributed by atoms with van der Waals surface area (Å²) in [5.41, 5.74) is 2.74. The standard InChI is InChI=1S/C20H26N4O2S/c1-14(25)21-12-17-13-27-19(22-17)15-8-10-24(11-9-15)20(26)16-4-6-18(7-5-16)23(2)3/h4-7,13,15H,8-12H2,1-3H3,(H,21,25). The summed E-state index contributed by atoms with van der Waals surface area (Å²) < 4.78 is 0. The van der Waals surface area contributed by atoms with Crippen molar-refractivity contribution in [3.05, 3.63) is 45.9 Å². The topological polar surface area (TPSA) is 65.5 Å². The summed E-state index contributed by atoms with van der Waals surface area (Å²) in [5.74, 6) is 0.445. The van der Waals surface area contributed by atoms with Crippen molar-refractivity contribution in [1.82, 2.24) is 15.2 Å². The number of carbonyl (C=O) groups excluding carboxylic acids is 2. The Labute approximate surface area is 164 Å². The Balaban J connectivity index is 1.55. The predicted octanol–water partition coefficient (Wildman–Crippen LogP) is 2.87. The third-order valence-electron chi connectivity index (χ3n) is 4.85. The number of benzene rings is 1. The van der Waals surface area contributed by atoms with Crippen molar-refractivity contribution in [2.24, 2.45) is 0 Å². The van der Waals surface area contributed by atoms with Crippen molar-refractivity contribution in [2.45, 2.75) is 32.2 Å². The summed E-state index contributed by atoms with van der Waals surface area (Å²) >= 11 is 1.65. The molecule has 27 heavy (non-hydrogen) atoms. The molecule has 1 aromatic carbocycles. The predicted molar refractivity (Wildman–Crippen MR) is 108 cm³/mol. The molecule has 0 unspecified atom stereocenters. The van der Waals surface area contributed by atoms with E-state index in [0.717, 1.165) is 47.9 Å². The fourth-order valence-corrected chi connectivity index (χ4v) is 4.21. The molecule has 2 amide bonds. The summed E-state index contributed by atoms with van der Waals surface area (Å²) in [6.45, 7) is 3.49.